The normalized spacial score (nSPS) is 17.6. The van der Waals surface area contributed by atoms with Gasteiger partial charge in [0.1, 0.15) is 4.32 Å². The minimum absolute atomic E-state index is 0.239. The number of thioether (sulfide) groups is 1. The number of halogens is 1. The summed E-state index contributed by atoms with van der Waals surface area (Å²) in [5.74, 6) is -1.72. The fourth-order valence-corrected chi connectivity index (χ4v) is 3.44. The Labute approximate surface area is 134 Å². The lowest BCUT2D eigenvalue weighted by Crippen LogP contribution is -2.40. The Hall–Kier alpha value is -1.18. The Morgan fingerprint density at radius 2 is 2.20 bits per heavy atom. The molecule has 0 saturated carbocycles. The van der Waals surface area contributed by atoms with Gasteiger partial charge in [0, 0.05) is 4.47 Å². The molecule has 1 aromatic rings. The number of rotatable bonds is 3. The van der Waals surface area contributed by atoms with Crippen molar-refractivity contribution >= 4 is 61.7 Å². The summed E-state index contributed by atoms with van der Waals surface area (Å²) in [7, 11) is 0. The Morgan fingerprint density at radius 1 is 1.50 bits per heavy atom. The van der Waals surface area contributed by atoms with Crippen LogP contribution in [0.4, 0.5) is 0 Å². The summed E-state index contributed by atoms with van der Waals surface area (Å²) in [5.41, 5.74) is 1.65. The lowest BCUT2D eigenvalue weighted by molar-refractivity contribution is -0.305. The van der Waals surface area contributed by atoms with Crippen molar-refractivity contribution in [3.8, 4) is 0 Å². The molecule has 1 amide bonds. The third-order valence-corrected chi connectivity index (χ3v) is 4.78. The maximum absolute atomic E-state index is 12.2. The lowest BCUT2D eigenvalue weighted by atomic mass is 10.1. The molecule has 0 radical (unpaired) electrons. The van der Waals surface area contributed by atoms with E-state index in [1.165, 1.54) is 0 Å². The van der Waals surface area contributed by atoms with Crippen molar-refractivity contribution in [1.29, 1.82) is 0 Å². The topological polar surface area (TPSA) is 60.4 Å². The van der Waals surface area contributed by atoms with Gasteiger partial charge in [-0.3, -0.25) is 9.69 Å². The molecule has 104 valence electrons. The lowest BCUT2D eigenvalue weighted by Gasteiger charge is -2.14. The van der Waals surface area contributed by atoms with E-state index in [-0.39, 0.29) is 10.2 Å². The molecular formula is C13H9BrNO3S2-. The number of allylic oxidation sites excluding steroid dienone is 1. The number of hydrogen-bond acceptors (Lipinski definition) is 5. The number of aliphatic carboxylic acids is 1. The zero-order chi connectivity index (χ0) is 14.9. The molecule has 7 heteroatoms. The van der Waals surface area contributed by atoms with Crippen molar-refractivity contribution in [2.75, 3.05) is 6.54 Å². The summed E-state index contributed by atoms with van der Waals surface area (Å²) in [5, 5.41) is 10.6. The molecule has 20 heavy (non-hydrogen) atoms. The van der Waals surface area contributed by atoms with Gasteiger partial charge in [-0.05, 0) is 30.2 Å². The Morgan fingerprint density at radius 3 is 2.80 bits per heavy atom. The third kappa shape index (κ3) is 3.11. The molecule has 2 rings (SSSR count). The Balaban J connectivity index is 2.38. The predicted octanol–water partition coefficient (Wildman–Crippen LogP) is 1.79. The first kappa shape index (κ1) is 15.2. The summed E-state index contributed by atoms with van der Waals surface area (Å²) >= 11 is 9.53. The van der Waals surface area contributed by atoms with Crippen molar-refractivity contribution in [2.45, 2.75) is 6.92 Å². The van der Waals surface area contributed by atoms with Crippen molar-refractivity contribution in [2.24, 2.45) is 0 Å². The van der Waals surface area contributed by atoms with Gasteiger partial charge in [-0.2, -0.15) is 0 Å². The summed E-state index contributed by atoms with van der Waals surface area (Å²) in [4.78, 5) is 24.4. The van der Waals surface area contributed by atoms with E-state index in [2.05, 4.69) is 15.9 Å². The summed E-state index contributed by atoms with van der Waals surface area (Å²) in [6, 6.07) is 7.52. The SMILES string of the molecule is C/C(=C1\SC(=S)N(CC(=O)[O-])C1=O)c1cccc(Br)c1. The van der Waals surface area contributed by atoms with E-state index in [1.807, 2.05) is 31.2 Å². The number of carbonyl (C=O) groups is 2. The molecule has 1 fully saturated rings. The van der Waals surface area contributed by atoms with Gasteiger partial charge >= 0.3 is 0 Å². The van der Waals surface area contributed by atoms with Gasteiger partial charge in [-0.1, -0.05) is 52.0 Å². The minimum atomic E-state index is -1.33. The second kappa shape index (κ2) is 6.07. The molecule has 0 bridgehead atoms. The van der Waals surface area contributed by atoms with Gasteiger partial charge in [-0.25, -0.2) is 0 Å². The molecule has 0 N–H and O–H groups in total. The fourth-order valence-electron chi connectivity index (χ4n) is 1.75. The van der Waals surface area contributed by atoms with E-state index >= 15 is 0 Å². The first-order valence-electron chi connectivity index (χ1n) is 5.60. The molecule has 4 nitrogen and oxygen atoms in total. The molecule has 0 spiro atoms. The van der Waals surface area contributed by atoms with Gasteiger partial charge in [0.15, 0.2) is 0 Å². The van der Waals surface area contributed by atoms with Crippen LogP contribution in [-0.2, 0) is 9.59 Å². The summed E-state index contributed by atoms with van der Waals surface area (Å²) < 4.78 is 1.14. The highest BCUT2D eigenvalue weighted by molar-refractivity contribution is 9.10. The van der Waals surface area contributed by atoms with Gasteiger partial charge in [0.25, 0.3) is 5.91 Å². The monoisotopic (exact) mass is 370 g/mol. The van der Waals surface area contributed by atoms with Crippen LogP contribution in [0, 0.1) is 0 Å². The van der Waals surface area contributed by atoms with Crippen LogP contribution in [-0.4, -0.2) is 27.6 Å². The summed E-state index contributed by atoms with van der Waals surface area (Å²) in [6.07, 6.45) is 0. The van der Waals surface area contributed by atoms with Crippen molar-refractivity contribution < 1.29 is 14.7 Å². The molecule has 1 aromatic carbocycles. The van der Waals surface area contributed by atoms with Crippen LogP contribution in [0.5, 0.6) is 0 Å². The van der Waals surface area contributed by atoms with Crippen LogP contribution in [0.2, 0.25) is 0 Å². The smallest absolute Gasteiger partial charge is 0.266 e. The van der Waals surface area contributed by atoms with E-state index in [4.69, 9.17) is 12.2 Å². The van der Waals surface area contributed by atoms with Crippen LogP contribution in [0.1, 0.15) is 12.5 Å². The van der Waals surface area contributed by atoms with E-state index in [0.29, 0.717) is 4.91 Å². The van der Waals surface area contributed by atoms with Crippen LogP contribution in [0.25, 0.3) is 5.57 Å². The van der Waals surface area contributed by atoms with E-state index in [1.54, 1.807) is 0 Å². The van der Waals surface area contributed by atoms with Gasteiger partial charge in [0.2, 0.25) is 0 Å². The maximum atomic E-state index is 12.2. The first-order chi connectivity index (χ1) is 9.40. The molecular weight excluding hydrogens is 362 g/mol. The zero-order valence-corrected chi connectivity index (χ0v) is 13.6. The zero-order valence-electron chi connectivity index (χ0n) is 10.4. The van der Waals surface area contributed by atoms with E-state index in [0.717, 1.165) is 32.3 Å². The third-order valence-electron chi connectivity index (χ3n) is 2.73. The highest BCUT2D eigenvalue weighted by Gasteiger charge is 2.33. The maximum Gasteiger partial charge on any atom is 0.266 e. The number of carboxylic acid groups (broad SMARTS) is 1. The molecule has 0 aromatic heterocycles. The number of hydrogen-bond donors (Lipinski definition) is 0. The highest BCUT2D eigenvalue weighted by Crippen LogP contribution is 2.36. The van der Waals surface area contributed by atoms with Gasteiger partial charge in [0.05, 0.1) is 17.4 Å². The highest BCUT2D eigenvalue weighted by atomic mass is 79.9. The second-order valence-corrected chi connectivity index (χ2v) is 6.66. The molecule has 1 heterocycles. The fraction of sp³-hybridized carbons (Fsp3) is 0.154. The number of carboxylic acids is 1. The number of nitrogens with zero attached hydrogens (tertiary/aromatic N) is 1. The van der Waals surface area contributed by atoms with E-state index in [9.17, 15) is 14.7 Å². The van der Waals surface area contributed by atoms with Crippen LogP contribution in [0.15, 0.2) is 33.6 Å². The van der Waals surface area contributed by atoms with Crippen molar-refractivity contribution in [1.82, 2.24) is 4.90 Å². The second-order valence-electron chi connectivity index (χ2n) is 4.10. The Kier molecular flexibility index (Phi) is 4.62. The van der Waals surface area contributed by atoms with Crippen molar-refractivity contribution in [3.05, 3.63) is 39.2 Å². The van der Waals surface area contributed by atoms with Crippen LogP contribution >= 0.6 is 39.9 Å². The molecule has 0 atom stereocenters. The molecule has 1 aliphatic heterocycles. The average molecular weight is 371 g/mol. The Bertz CT molecular complexity index is 642. The van der Waals surface area contributed by atoms with Gasteiger partial charge in [-0.15, -0.1) is 0 Å². The minimum Gasteiger partial charge on any atom is -0.548 e. The molecule has 1 saturated heterocycles. The largest absolute Gasteiger partial charge is 0.548 e. The van der Waals surface area contributed by atoms with Crippen molar-refractivity contribution in [3.63, 3.8) is 0 Å². The average Bonchev–Trinajstić information content (AvgIpc) is 2.65. The van der Waals surface area contributed by atoms with Crippen LogP contribution < -0.4 is 5.11 Å². The van der Waals surface area contributed by atoms with Crippen LogP contribution in [0.3, 0.4) is 0 Å². The predicted molar refractivity (Wildman–Crippen MR) is 83.6 cm³/mol. The molecule has 0 aliphatic carbocycles. The number of amides is 1. The van der Waals surface area contributed by atoms with E-state index < -0.39 is 12.5 Å². The van der Waals surface area contributed by atoms with Gasteiger partial charge < -0.3 is 9.90 Å². The first-order valence-corrected chi connectivity index (χ1v) is 7.62. The molecule has 0 unspecified atom stereocenters. The number of thiocarbonyl (C=S) groups is 1. The standard InChI is InChI=1S/C13H10BrNO3S2/c1-7(8-3-2-4-9(14)5-8)11-12(18)15(6-10(16)17)13(19)20-11/h2-5H,6H2,1H3,(H,16,17)/p-1/b11-7+. The quantitative estimate of drug-likeness (QED) is 0.599. The number of carbonyl (C=O) groups excluding carboxylic acids is 2. The summed E-state index contributed by atoms with van der Waals surface area (Å²) in [6.45, 7) is 1.30. The number of benzene rings is 1. The molecule has 1 aliphatic rings.